The van der Waals surface area contributed by atoms with Crippen LogP contribution in [0.1, 0.15) is 5.56 Å². The summed E-state index contributed by atoms with van der Waals surface area (Å²) in [7, 11) is 1.91. The topological polar surface area (TPSA) is 37.8 Å². The van der Waals surface area contributed by atoms with Crippen LogP contribution >= 0.6 is 23.4 Å². The summed E-state index contributed by atoms with van der Waals surface area (Å²) < 4.78 is 0. The Morgan fingerprint density at radius 1 is 1.35 bits per heavy atom. The molecule has 0 amide bonds. The van der Waals surface area contributed by atoms with Crippen LogP contribution in [-0.2, 0) is 6.54 Å². The maximum Gasteiger partial charge on any atom is 0.119 e. The zero-order valence-corrected chi connectivity index (χ0v) is 10.9. The van der Waals surface area contributed by atoms with Crippen LogP contribution in [-0.4, -0.2) is 17.0 Å². The van der Waals surface area contributed by atoms with Crippen LogP contribution in [0, 0.1) is 0 Å². The van der Waals surface area contributed by atoms with Crippen molar-refractivity contribution in [3.63, 3.8) is 0 Å². The van der Waals surface area contributed by atoms with Gasteiger partial charge >= 0.3 is 0 Å². The quantitative estimate of drug-likeness (QED) is 0.922. The summed E-state index contributed by atoms with van der Waals surface area (Å²) in [6, 6.07) is 5.87. The van der Waals surface area contributed by atoms with E-state index in [2.05, 4.69) is 15.3 Å². The van der Waals surface area contributed by atoms with Crippen LogP contribution in [0.15, 0.2) is 46.7 Å². The molecule has 0 aliphatic carbocycles. The van der Waals surface area contributed by atoms with Crippen molar-refractivity contribution in [1.82, 2.24) is 15.3 Å². The number of nitrogens with zero attached hydrogens (tertiary/aromatic N) is 2. The molecule has 0 fully saturated rings. The molecule has 1 aromatic carbocycles. The van der Waals surface area contributed by atoms with E-state index < -0.39 is 0 Å². The predicted molar refractivity (Wildman–Crippen MR) is 70.4 cm³/mol. The Bertz CT molecular complexity index is 490. The summed E-state index contributed by atoms with van der Waals surface area (Å²) in [4.78, 5) is 9.44. The van der Waals surface area contributed by atoms with Crippen molar-refractivity contribution in [3.8, 4) is 0 Å². The first-order valence-electron chi connectivity index (χ1n) is 5.16. The first-order valence-corrected chi connectivity index (χ1v) is 6.36. The lowest BCUT2D eigenvalue weighted by atomic mass is 10.2. The highest BCUT2D eigenvalue weighted by Gasteiger charge is 2.05. The van der Waals surface area contributed by atoms with Gasteiger partial charge < -0.3 is 5.32 Å². The fraction of sp³-hybridized carbons (Fsp3) is 0.167. The second-order valence-electron chi connectivity index (χ2n) is 3.43. The minimum atomic E-state index is 0.749. The van der Waals surface area contributed by atoms with Gasteiger partial charge in [-0.3, -0.25) is 4.98 Å². The number of hydrogen-bond donors (Lipinski definition) is 1. The first kappa shape index (κ1) is 12.4. The zero-order valence-electron chi connectivity index (χ0n) is 9.35. The van der Waals surface area contributed by atoms with E-state index in [0.29, 0.717) is 0 Å². The lowest BCUT2D eigenvalue weighted by molar-refractivity contribution is 0.803. The summed E-state index contributed by atoms with van der Waals surface area (Å²) in [6.07, 6.45) is 5.11. The lowest BCUT2D eigenvalue weighted by Gasteiger charge is -2.08. The summed E-state index contributed by atoms with van der Waals surface area (Å²) in [6.45, 7) is 0.781. The molecule has 0 unspecified atom stereocenters. The monoisotopic (exact) mass is 265 g/mol. The van der Waals surface area contributed by atoms with Gasteiger partial charge in [0.15, 0.2) is 0 Å². The number of halogens is 1. The zero-order chi connectivity index (χ0) is 12.1. The van der Waals surface area contributed by atoms with Crippen LogP contribution < -0.4 is 5.32 Å². The van der Waals surface area contributed by atoms with E-state index in [0.717, 1.165) is 27.1 Å². The summed E-state index contributed by atoms with van der Waals surface area (Å²) in [5.41, 5.74) is 1.16. The van der Waals surface area contributed by atoms with Crippen molar-refractivity contribution in [2.45, 2.75) is 16.5 Å². The minimum Gasteiger partial charge on any atom is -0.316 e. The molecule has 0 aliphatic rings. The molecule has 17 heavy (non-hydrogen) atoms. The highest BCUT2D eigenvalue weighted by atomic mass is 35.5. The van der Waals surface area contributed by atoms with Gasteiger partial charge in [-0.05, 0) is 30.8 Å². The third-order valence-corrected chi connectivity index (χ3v) is 3.42. The van der Waals surface area contributed by atoms with Gasteiger partial charge in [-0.1, -0.05) is 23.4 Å². The van der Waals surface area contributed by atoms with E-state index in [9.17, 15) is 0 Å². The third kappa shape index (κ3) is 3.43. The van der Waals surface area contributed by atoms with Crippen molar-refractivity contribution in [2.75, 3.05) is 7.05 Å². The molecule has 0 atom stereocenters. The number of aromatic nitrogens is 2. The Morgan fingerprint density at radius 2 is 2.24 bits per heavy atom. The van der Waals surface area contributed by atoms with Crippen molar-refractivity contribution in [2.24, 2.45) is 0 Å². The molecule has 1 aromatic heterocycles. The molecule has 0 spiro atoms. The van der Waals surface area contributed by atoms with Crippen molar-refractivity contribution >= 4 is 23.4 Å². The molecular weight excluding hydrogens is 254 g/mol. The number of nitrogens with one attached hydrogen (secondary N) is 1. The second kappa shape index (κ2) is 6.00. The Kier molecular flexibility index (Phi) is 4.36. The molecule has 3 nitrogen and oxygen atoms in total. The average Bonchev–Trinajstić information content (AvgIpc) is 2.34. The Hall–Kier alpha value is -1.10. The van der Waals surface area contributed by atoms with Gasteiger partial charge in [0, 0.05) is 28.9 Å². The van der Waals surface area contributed by atoms with Crippen LogP contribution in [0.25, 0.3) is 0 Å². The van der Waals surface area contributed by atoms with E-state index >= 15 is 0 Å². The highest BCUT2D eigenvalue weighted by molar-refractivity contribution is 7.99. The van der Waals surface area contributed by atoms with E-state index in [1.54, 1.807) is 30.4 Å². The molecule has 88 valence electrons. The van der Waals surface area contributed by atoms with Crippen LogP contribution in [0.3, 0.4) is 0 Å². The number of benzene rings is 1. The molecule has 1 heterocycles. The largest absolute Gasteiger partial charge is 0.316 e. The number of rotatable bonds is 4. The fourth-order valence-corrected chi connectivity index (χ4v) is 2.47. The molecule has 2 aromatic rings. The van der Waals surface area contributed by atoms with Gasteiger partial charge in [0.1, 0.15) is 5.03 Å². The molecule has 0 saturated heterocycles. The van der Waals surface area contributed by atoms with E-state index in [4.69, 9.17) is 11.6 Å². The van der Waals surface area contributed by atoms with Crippen molar-refractivity contribution in [1.29, 1.82) is 0 Å². The number of hydrogen-bond acceptors (Lipinski definition) is 4. The normalized spacial score (nSPS) is 10.5. The van der Waals surface area contributed by atoms with Gasteiger partial charge in [-0.25, -0.2) is 4.98 Å². The SMILES string of the molecule is CNCc1cc(Cl)ccc1Sc1cnccn1. The van der Waals surface area contributed by atoms with E-state index in [1.807, 2.05) is 25.2 Å². The predicted octanol–water partition coefficient (Wildman–Crippen LogP) is 3.00. The van der Waals surface area contributed by atoms with E-state index in [1.165, 1.54) is 0 Å². The third-order valence-electron chi connectivity index (χ3n) is 2.14. The van der Waals surface area contributed by atoms with Crippen LogP contribution in [0.5, 0.6) is 0 Å². The second-order valence-corrected chi connectivity index (χ2v) is 4.93. The maximum absolute atomic E-state index is 5.99. The van der Waals surface area contributed by atoms with Gasteiger partial charge in [0.05, 0.1) is 6.20 Å². The Morgan fingerprint density at radius 3 is 2.94 bits per heavy atom. The molecule has 0 radical (unpaired) electrons. The van der Waals surface area contributed by atoms with Gasteiger partial charge in [-0.2, -0.15) is 0 Å². The summed E-state index contributed by atoms with van der Waals surface area (Å²) in [5.74, 6) is 0. The molecule has 5 heteroatoms. The molecular formula is C12H12ClN3S. The van der Waals surface area contributed by atoms with Crippen molar-refractivity contribution < 1.29 is 0 Å². The van der Waals surface area contributed by atoms with Crippen molar-refractivity contribution in [3.05, 3.63) is 47.4 Å². The van der Waals surface area contributed by atoms with Crippen LogP contribution in [0.2, 0.25) is 5.02 Å². The van der Waals surface area contributed by atoms with Gasteiger partial charge in [0.25, 0.3) is 0 Å². The molecule has 2 rings (SSSR count). The average molecular weight is 266 g/mol. The molecule has 0 aliphatic heterocycles. The molecule has 0 saturated carbocycles. The van der Waals surface area contributed by atoms with Gasteiger partial charge in [-0.15, -0.1) is 0 Å². The summed E-state index contributed by atoms with van der Waals surface area (Å²) in [5, 5.41) is 4.76. The van der Waals surface area contributed by atoms with Gasteiger partial charge in [0.2, 0.25) is 0 Å². The molecule has 0 bridgehead atoms. The first-order chi connectivity index (χ1) is 8.29. The lowest BCUT2D eigenvalue weighted by Crippen LogP contribution is -2.06. The van der Waals surface area contributed by atoms with E-state index in [-0.39, 0.29) is 0 Å². The minimum absolute atomic E-state index is 0.749. The molecule has 1 N–H and O–H groups in total. The standard InChI is InChI=1S/C12H12ClN3S/c1-14-7-9-6-10(13)2-3-11(9)17-12-8-15-4-5-16-12/h2-6,8,14H,7H2,1H3. The van der Waals surface area contributed by atoms with Crippen LogP contribution in [0.4, 0.5) is 0 Å². The fourth-order valence-electron chi connectivity index (χ4n) is 1.43. The maximum atomic E-state index is 5.99. The Balaban J connectivity index is 2.26. The smallest absolute Gasteiger partial charge is 0.119 e. The Labute approximate surface area is 110 Å². The highest BCUT2D eigenvalue weighted by Crippen LogP contribution is 2.30. The summed E-state index contributed by atoms with van der Waals surface area (Å²) >= 11 is 7.58.